The summed E-state index contributed by atoms with van der Waals surface area (Å²) in [5, 5.41) is 5.77. The number of carbonyl (C=O) groups excluding carboxylic acids is 2. The van der Waals surface area contributed by atoms with Crippen molar-refractivity contribution in [3.8, 4) is 5.75 Å². The van der Waals surface area contributed by atoms with Crippen molar-refractivity contribution >= 4 is 11.8 Å². The van der Waals surface area contributed by atoms with Crippen molar-refractivity contribution in [2.75, 3.05) is 26.7 Å². The first-order valence-electron chi connectivity index (χ1n) is 8.91. The van der Waals surface area contributed by atoms with Gasteiger partial charge in [0.1, 0.15) is 5.75 Å². The maximum absolute atomic E-state index is 12.3. The van der Waals surface area contributed by atoms with Crippen LogP contribution in [0.25, 0.3) is 0 Å². The molecule has 138 valence electrons. The van der Waals surface area contributed by atoms with Crippen LogP contribution in [-0.4, -0.2) is 49.5 Å². The molecule has 0 saturated carbocycles. The van der Waals surface area contributed by atoms with Gasteiger partial charge in [-0.25, -0.2) is 0 Å². The van der Waals surface area contributed by atoms with Crippen molar-refractivity contribution in [3.63, 3.8) is 0 Å². The van der Waals surface area contributed by atoms with Crippen LogP contribution in [0, 0.1) is 5.92 Å². The van der Waals surface area contributed by atoms with Crippen LogP contribution in [0.1, 0.15) is 32.3 Å². The summed E-state index contributed by atoms with van der Waals surface area (Å²) in [6, 6.07) is 7.21. The molecule has 1 aliphatic rings. The fourth-order valence-electron chi connectivity index (χ4n) is 2.91. The first kappa shape index (κ1) is 19.2. The number of benzene rings is 1. The van der Waals surface area contributed by atoms with E-state index in [1.807, 2.05) is 24.3 Å². The minimum atomic E-state index is -0.377. The first-order chi connectivity index (χ1) is 12.0. The van der Waals surface area contributed by atoms with Gasteiger partial charge < -0.3 is 15.4 Å². The number of hydrogen-bond acceptors (Lipinski definition) is 4. The summed E-state index contributed by atoms with van der Waals surface area (Å²) in [5.74, 6) is 1.18. The Balaban J connectivity index is 1.88. The summed E-state index contributed by atoms with van der Waals surface area (Å²) in [6.07, 6.45) is 1.21. The van der Waals surface area contributed by atoms with Crippen LogP contribution < -0.4 is 15.4 Å². The Kier molecular flexibility index (Phi) is 7.25. The van der Waals surface area contributed by atoms with Crippen LogP contribution in [0.15, 0.2) is 24.3 Å². The van der Waals surface area contributed by atoms with Gasteiger partial charge in [-0.3, -0.25) is 14.5 Å². The molecule has 6 nitrogen and oxygen atoms in total. The average Bonchev–Trinajstić information content (AvgIpc) is 2.60. The number of ether oxygens (including phenoxy) is 1. The summed E-state index contributed by atoms with van der Waals surface area (Å²) in [7, 11) is 1.62. The number of hydrogen-bond donors (Lipinski definition) is 2. The molecule has 2 amide bonds. The Morgan fingerprint density at radius 1 is 1.44 bits per heavy atom. The Hall–Kier alpha value is -2.08. The Labute approximate surface area is 149 Å². The van der Waals surface area contributed by atoms with Crippen LogP contribution in [-0.2, 0) is 16.1 Å². The second-order valence-electron chi connectivity index (χ2n) is 6.86. The Morgan fingerprint density at radius 3 is 2.96 bits per heavy atom. The van der Waals surface area contributed by atoms with Crippen molar-refractivity contribution in [3.05, 3.63) is 29.8 Å². The highest BCUT2D eigenvalue weighted by atomic mass is 16.5. The number of methoxy groups -OCH3 is 1. The predicted octanol–water partition coefficient (Wildman–Crippen LogP) is 1.55. The summed E-state index contributed by atoms with van der Waals surface area (Å²) in [6.45, 7) is 7.06. The first-order valence-corrected chi connectivity index (χ1v) is 8.91. The van der Waals surface area contributed by atoms with E-state index in [1.165, 1.54) is 0 Å². The molecule has 25 heavy (non-hydrogen) atoms. The highest BCUT2D eigenvalue weighted by Gasteiger charge is 2.31. The van der Waals surface area contributed by atoms with E-state index in [-0.39, 0.29) is 24.3 Å². The Bertz CT molecular complexity index is 589. The number of rotatable bonds is 8. The Morgan fingerprint density at radius 2 is 2.24 bits per heavy atom. The number of nitrogens with zero attached hydrogens (tertiary/aromatic N) is 1. The van der Waals surface area contributed by atoms with Gasteiger partial charge in [0, 0.05) is 19.6 Å². The van der Waals surface area contributed by atoms with Gasteiger partial charge in [-0.1, -0.05) is 26.0 Å². The molecule has 1 unspecified atom stereocenters. The molecule has 1 aliphatic heterocycles. The van der Waals surface area contributed by atoms with Crippen molar-refractivity contribution in [2.45, 2.75) is 39.3 Å². The lowest BCUT2D eigenvalue weighted by Gasteiger charge is -2.35. The largest absolute Gasteiger partial charge is 0.497 e. The number of amides is 2. The minimum Gasteiger partial charge on any atom is -0.497 e. The summed E-state index contributed by atoms with van der Waals surface area (Å²) in [5.41, 5.74) is 0.970. The van der Waals surface area contributed by atoms with Gasteiger partial charge in [0.25, 0.3) is 0 Å². The topological polar surface area (TPSA) is 70.7 Å². The van der Waals surface area contributed by atoms with Crippen LogP contribution >= 0.6 is 0 Å². The molecule has 1 aromatic carbocycles. The molecule has 6 heteroatoms. The lowest BCUT2D eigenvalue weighted by atomic mass is 10.1. The van der Waals surface area contributed by atoms with E-state index in [2.05, 4.69) is 29.4 Å². The molecule has 1 aromatic rings. The smallest absolute Gasteiger partial charge is 0.237 e. The van der Waals surface area contributed by atoms with Gasteiger partial charge in [-0.15, -0.1) is 0 Å². The maximum atomic E-state index is 12.3. The molecular formula is C19H29N3O3. The van der Waals surface area contributed by atoms with Crippen LogP contribution in [0.3, 0.4) is 0 Å². The van der Waals surface area contributed by atoms with E-state index in [0.29, 0.717) is 19.0 Å². The average molecular weight is 347 g/mol. The standard InChI is InChI=1S/C19H29N3O3/c1-14(2)7-9-22-10-8-20-19(24)17(22)12-18(23)21-13-15-5-4-6-16(11-15)25-3/h4-6,11,14,17H,7-10,12-13H2,1-3H3,(H,20,24)(H,21,23). The van der Waals surface area contributed by atoms with Crippen molar-refractivity contribution in [2.24, 2.45) is 5.92 Å². The number of nitrogens with one attached hydrogen (secondary N) is 2. The molecule has 0 spiro atoms. The van der Waals surface area contributed by atoms with Crippen molar-refractivity contribution in [1.82, 2.24) is 15.5 Å². The van der Waals surface area contributed by atoms with Crippen LogP contribution in [0.4, 0.5) is 0 Å². The molecule has 2 rings (SSSR count). The molecule has 0 aromatic heterocycles. The molecule has 0 bridgehead atoms. The predicted molar refractivity (Wildman–Crippen MR) is 97.3 cm³/mol. The summed E-state index contributed by atoms with van der Waals surface area (Å²) < 4.78 is 5.19. The molecule has 1 heterocycles. The van der Waals surface area contributed by atoms with Gasteiger partial charge in [0.05, 0.1) is 19.6 Å². The second kappa shape index (κ2) is 9.42. The zero-order valence-electron chi connectivity index (χ0n) is 15.4. The summed E-state index contributed by atoms with van der Waals surface area (Å²) >= 11 is 0. The van der Waals surface area contributed by atoms with Crippen LogP contribution in [0.2, 0.25) is 0 Å². The maximum Gasteiger partial charge on any atom is 0.237 e. The lowest BCUT2D eigenvalue weighted by Crippen LogP contribution is -2.56. The molecule has 0 aliphatic carbocycles. The van der Waals surface area contributed by atoms with Crippen molar-refractivity contribution < 1.29 is 14.3 Å². The highest BCUT2D eigenvalue weighted by molar-refractivity contribution is 5.88. The van der Waals surface area contributed by atoms with Gasteiger partial charge in [0.15, 0.2) is 0 Å². The van der Waals surface area contributed by atoms with Crippen molar-refractivity contribution in [1.29, 1.82) is 0 Å². The zero-order chi connectivity index (χ0) is 18.2. The zero-order valence-corrected chi connectivity index (χ0v) is 15.4. The third-order valence-electron chi connectivity index (χ3n) is 4.44. The van der Waals surface area contributed by atoms with E-state index in [4.69, 9.17) is 4.74 Å². The third-order valence-corrected chi connectivity index (χ3v) is 4.44. The van der Waals surface area contributed by atoms with E-state index < -0.39 is 0 Å². The lowest BCUT2D eigenvalue weighted by molar-refractivity contribution is -0.134. The SMILES string of the molecule is COc1cccc(CNC(=O)CC2C(=O)NCCN2CCC(C)C)c1. The fourth-order valence-corrected chi connectivity index (χ4v) is 2.91. The molecular weight excluding hydrogens is 318 g/mol. The minimum absolute atomic E-state index is 0.0495. The van der Waals surface area contributed by atoms with E-state index in [1.54, 1.807) is 7.11 Å². The normalized spacial score (nSPS) is 18.1. The number of carbonyl (C=O) groups is 2. The molecule has 0 radical (unpaired) electrons. The quantitative estimate of drug-likeness (QED) is 0.748. The highest BCUT2D eigenvalue weighted by Crippen LogP contribution is 2.14. The van der Waals surface area contributed by atoms with E-state index in [0.717, 1.165) is 30.8 Å². The van der Waals surface area contributed by atoms with Gasteiger partial charge in [-0.05, 0) is 36.6 Å². The van der Waals surface area contributed by atoms with Gasteiger partial charge >= 0.3 is 0 Å². The van der Waals surface area contributed by atoms with E-state index in [9.17, 15) is 9.59 Å². The fraction of sp³-hybridized carbons (Fsp3) is 0.579. The molecule has 1 fully saturated rings. The second-order valence-corrected chi connectivity index (χ2v) is 6.86. The van der Waals surface area contributed by atoms with Gasteiger partial charge in [-0.2, -0.15) is 0 Å². The summed E-state index contributed by atoms with van der Waals surface area (Å²) in [4.78, 5) is 26.6. The van der Waals surface area contributed by atoms with E-state index >= 15 is 0 Å². The number of piperazine rings is 1. The molecule has 1 atom stereocenters. The van der Waals surface area contributed by atoms with Crippen LogP contribution in [0.5, 0.6) is 5.75 Å². The monoisotopic (exact) mass is 347 g/mol. The molecule has 2 N–H and O–H groups in total. The molecule has 1 saturated heterocycles. The third kappa shape index (κ3) is 6.05. The van der Waals surface area contributed by atoms with Gasteiger partial charge in [0.2, 0.25) is 11.8 Å².